The second-order valence-corrected chi connectivity index (χ2v) is 4.06. The van der Waals surface area contributed by atoms with Gasteiger partial charge in [0.15, 0.2) is 0 Å². The van der Waals surface area contributed by atoms with Crippen LogP contribution in [0.5, 0.6) is 0 Å². The first-order chi connectivity index (χ1) is 9.74. The molecule has 1 heterocycles. The van der Waals surface area contributed by atoms with Gasteiger partial charge in [0.05, 0.1) is 12.9 Å². The molecule has 2 aromatic rings. The van der Waals surface area contributed by atoms with Crippen molar-refractivity contribution in [3.05, 3.63) is 54.0 Å². The number of furan rings is 1. The number of aliphatic hydroxyl groups excluding tert-OH is 1. The number of hydrogen-bond donors (Lipinski definition) is 3. The molecule has 0 saturated carbocycles. The summed E-state index contributed by atoms with van der Waals surface area (Å²) < 4.78 is 5.15. The summed E-state index contributed by atoms with van der Waals surface area (Å²) in [6.07, 6.45) is 2.04. The fourth-order valence-corrected chi connectivity index (χ4v) is 1.72. The fourth-order valence-electron chi connectivity index (χ4n) is 1.72. The van der Waals surface area contributed by atoms with Gasteiger partial charge in [0.2, 0.25) is 6.41 Å². The molecule has 1 atom stereocenters. The van der Waals surface area contributed by atoms with E-state index in [1.807, 2.05) is 0 Å². The summed E-state index contributed by atoms with van der Waals surface area (Å²) in [7, 11) is 0. The van der Waals surface area contributed by atoms with Gasteiger partial charge in [0.25, 0.3) is 5.91 Å². The standard InChI is InChI=1S/C14H14N2O4/c17-8-12(13-2-1-7-20-13)16-14(19)10-3-5-11(6-4-10)15-9-18/h1-7,9,12,17H,8H2,(H,15,18)(H,16,19). The SMILES string of the molecule is O=CNc1ccc(C(=O)NC(CO)c2ccco2)cc1. The Hall–Kier alpha value is -2.60. The Morgan fingerprint density at radius 1 is 1.30 bits per heavy atom. The van der Waals surface area contributed by atoms with Gasteiger partial charge in [-0.1, -0.05) is 0 Å². The Morgan fingerprint density at radius 2 is 2.05 bits per heavy atom. The zero-order chi connectivity index (χ0) is 14.4. The Morgan fingerprint density at radius 3 is 2.60 bits per heavy atom. The monoisotopic (exact) mass is 274 g/mol. The lowest BCUT2D eigenvalue weighted by molar-refractivity contribution is -0.105. The van der Waals surface area contributed by atoms with E-state index in [4.69, 9.17) is 4.42 Å². The molecular formula is C14H14N2O4. The molecule has 2 amide bonds. The molecule has 20 heavy (non-hydrogen) atoms. The smallest absolute Gasteiger partial charge is 0.251 e. The lowest BCUT2D eigenvalue weighted by atomic mass is 10.1. The first-order valence-corrected chi connectivity index (χ1v) is 6.00. The number of anilines is 1. The maximum atomic E-state index is 12.0. The molecule has 1 unspecified atom stereocenters. The van der Waals surface area contributed by atoms with Gasteiger partial charge >= 0.3 is 0 Å². The summed E-state index contributed by atoms with van der Waals surface area (Å²) in [5, 5.41) is 14.4. The Balaban J connectivity index is 2.05. The van der Waals surface area contributed by atoms with E-state index in [-0.39, 0.29) is 12.5 Å². The van der Waals surface area contributed by atoms with E-state index in [0.29, 0.717) is 23.4 Å². The van der Waals surface area contributed by atoms with Crippen molar-refractivity contribution in [1.82, 2.24) is 5.32 Å². The van der Waals surface area contributed by atoms with Crippen LogP contribution in [0.1, 0.15) is 22.2 Å². The highest BCUT2D eigenvalue weighted by molar-refractivity contribution is 5.95. The minimum atomic E-state index is -0.592. The fraction of sp³-hybridized carbons (Fsp3) is 0.143. The molecule has 0 fully saturated rings. The highest BCUT2D eigenvalue weighted by Gasteiger charge is 2.17. The van der Waals surface area contributed by atoms with Gasteiger partial charge in [-0.3, -0.25) is 9.59 Å². The third kappa shape index (κ3) is 3.24. The number of hydrogen-bond acceptors (Lipinski definition) is 4. The maximum Gasteiger partial charge on any atom is 0.251 e. The average molecular weight is 274 g/mol. The third-order valence-corrected chi connectivity index (χ3v) is 2.75. The largest absolute Gasteiger partial charge is 0.467 e. The predicted octanol–water partition coefficient (Wildman–Crippen LogP) is 1.31. The van der Waals surface area contributed by atoms with Crippen LogP contribution in [0.3, 0.4) is 0 Å². The van der Waals surface area contributed by atoms with Crippen LogP contribution in [-0.2, 0) is 4.79 Å². The molecule has 6 nitrogen and oxygen atoms in total. The summed E-state index contributed by atoms with van der Waals surface area (Å²) >= 11 is 0. The van der Waals surface area contributed by atoms with Crippen molar-refractivity contribution >= 4 is 18.0 Å². The minimum Gasteiger partial charge on any atom is -0.467 e. The average Bonchev–Trinajstić information content (AvgIpc) is 2.99. The Kier molecular flexibility index (Phi) is 4.52. The van der Waals surface area contributed by atoms with Gasteiger partial charge in [-0.15, -0.1) is 0 Å². The van der Waals surface area contributed by atoms with Crippen LogP contribution in [0, 0.1) is 0 Å². The second kappa shape index (κ2) is 6.53. The molecule has 104 valence electrons. The summed E-state index contributed by atoms with van der Waals surface area (Å²) in [6, 6.07) is 9.16. The van der Waals surface area contributed by atoms with Crippen molar-refractivity contribution < 1.29 is 19.1 Å². The molecule has 2 rings (SSSR count). The van der Waals surface area contributed by atoms with E-state index < -0.39 is 6.04 Å². The van der Waals surface area contributed by atoms with E-state index in [2.05, 4.69) is 10.6 Å². The highest BCUT2D eigenvalue weighted by atomic mass is 16.3. The molecule has 0 radical (unpaired) electrons. The molecular weight excluding hydrogens is 260 g/mol. The quantitative estimate of drug-likeness (QED) is 0.693. The maximum absolute atomic E-state index is 12.0. The van der Waals surface area contributed by atoms with E-state index in [1.54, 1.807) is 36.4 Å². The molecule has 3 N–H and O–H groups in total. The lowest BCUT2D eigenvalue weighted by Gasteiger charge is -2.14. The number of carbonyl (C=O) groups excluding carboxylic acids is 2. The van der Waals surface area contributed by atoms with Crippen LogP contribution in [-0.4, -0.2) is 24.0 Å². The molecule has 0 bridgehead atoms. The van der Waals surface area contributed by atoms with Crippen LogP contribution < -0.4 is 10.6 Å². The molecule has 0 aliphatic rings. The summed E-state index contributed by atoms with van der Waals surface area (Å²) in [6.45, 7) is -0.260. The van der Waals surface area contributed by atoms with Crippen LogP contribution >= 0.6 is 0 Å². The van der Waals surface area contributed by atoms with Crippen molar-refractivity contribution in [3.63, 3.8) is 0 Å². The van der Waals surface area contributed by atoms with Crippen LogP contribution in [0.25, 0.3) is 0 Å². The number of rotatable bonds is 6. The summed E-state index contributed by atoms with van der Waals surface area (Å²) in [4.78, 5) is 22.3. The summed E-state index contributed by atoms with van der Waals surface area (Å²) in [5.74, 6) is 0.151. The van der Waals surface area contributed by atoms with E-state index in [0.717, 1.165) is 0 Å². The van der Waals surface area contributed by atoms with Crippen molar-refractivity contribution in [2.24, 2.45) is 0 Å². The van der Waals surface area contributed by atoms with Crippen molar-refractivity contribution in [2.75, 3.05) is 11.9 Å². The van der Waals surface area contributed by atoms with Gasteiger partial charge in [-0.2, -0.15) is 0 Å². The van der Waals surface area contributed by atoms with E-state index in [9.17, 15) is 14.7 Å². The Labute approximate surface area is 115 Å². The highest BCUT2D eigenvalue weighted by Crippen LogP contribution is 2.14. The number of carbonyl (C=O) groups is 2. The van der Waals surface area contributed by atoms with Crippen molar-refractivity contribution in [3.8, 4) is 0 Å². The first kappa shape index (κ1) is 13.8. The van der Waals surface area contributed by atoms with Gasteiger partial charge in [-0.05, 0) is 36.4 Å². The molecule has 1 aromatic heterocycles. The second-order valence-electron chi connectivity index (χ2n) is 4.06. The summed E-state index contributed by atoms with van der Waals surface area (Å²) in [5.41, 5.74) is 1.02. The van der Waals surface area contributed by atoms with Gasteiger partial charge in [0.1, 0.15) is 11.8 Å². The van der Waals surface area contributed by atoms with Gasteiger partial charge in [0, 0.05) is 11.3 Å². The predicted molar refractivity (Wildman–Crippen MR) is 72.1 cm³/mol. The van der Waals surface area contributed by atoms with Crippen LogP contribution in [0.2, 0.25) is 0 Å². The molecule has 6 heteroatoms. The van der Waals surface area contributed by atoms with Crippen LogP contribution in [0.4, 0.5) is 5.69 Å². The number of aliphatic hydroxyl groups is 1. The normalized spacial score (nSPS) is 11.7. The van der Waals surface area contributed by atoms with Gasteiger partial charge in [-0.25, -0.2) is 0 Å². The number of benzene rings is 1. The number of amides is 2. The first-order valence-electron chi connectivity index (χ1n) is 6.00. The van der Waals surface area contributed by atoms with E-state index in [1.165, 1.54) is 6.26 Å². The van der Waals surface area contributed by atoms with E-state index >= 15 is 0 Å². The van der Waals surface area contributed by atoms with Crippen LogP contribution in [0.15, 0.2) is 47.1 Å². The zero-order valence-electron chi connectivity index (χ0n) is 10.6. The third-order valence-electron chi connectivity index (χ3n) is 2.75. The molecule has 0 aliphatic carbocycles. The van der Waals surface area contributed by atoms with Crippen molar-refractivity contribution in [2.45, 2.75) is 6.04 Å². The molecule has 0 aliphatic heterocycles. The molecule has 0 spiro atoms. The minimum absolute atomic E-state index is 0.260. The topological polar surface area (TPSA) is 91.6 Å². The lowest BCUT2D eigenvalue weighted by Crippen LogP contribution is -2.30. The molecule has 0 saturated heterocycles. The molecule has 1 aromatic carbocycles. The van der Waals surface area contributed by atoms with Gasteiger partial charge < -0.3 is 20.2 Å². The number of nitrogens with one attached hydrogen (secondary N) is 2. The van der Waals surface area contributed by atoms with Crippen molar-refractivity contribution in [1.29, 1.82) is 0 Å². The Bertz CT molecular complexity index is 563. The zero-order valence-corrected chi connectivity index (χ0v) is 10.6.